The number of hydrogen-bond donors (Lipinski definition) is 2. The molecular weight excluding hydrogens is 406 g/mol. The molecule has 0 bridgehead atoms. The average molecular weight is 438 g/mol. The van der Waals surface area contributed by atoms with Crippen molar-refractivity contribution in [3.63, 3.8) is 0 Å². The molecule has 1 heterocycles. The van der Waals surface area contributed by atoms with E-state index in [0.29, 0.717) is 12.0 Å². The molecule has 0 fully saturated rings. The van der Waals surface area contributed by atoms with Crippen molar-refractivity contribution in [1.29, 1.82) is 0 Å². The summed E-state index contributed by atoms with van der Waals surface area (Å²) in [5.41, 5.74) is 5.73. The smallest absolute Gasteiger partial charge is 0.222 e. The van der Waals surface area contributed by atoms with Gasteiger partial charge in [-0.15, -0.1) is 0 Å². The lowest BCUT2D eigenvalue weighted by molar-refractivity contribution is 0.425. The van der Waals surface area contributed by atoms with Gasteiger partial charge in [-0.3, -0.25) is 0 Å². The number of benzene rings is 2. The Balaban J connectivity index is 1.80. The van der Waals surface area contributed by atoms with Gasteiger partial charge in [0.15, 0.2) is 0 Å². The van der Waals surface area contributed by atoms with Gasteiger partial charge in [-0.25, -0.2) is 9.97 Å². The van der Waals surface area contributed by atoms with E-state index in [-0.39, 0.29) is 0 Å². The van der Waals surface area contributed by atoms with Crippen LogP contribution in [0.1, 0.15) is 36.2 Å². The number of nitrogens with zero attached hydrogens (tertiary/aromatic N) is 3. The van der Waals surface area contributed by atoms with Crippen molar-refractivity contribution in [3.8, 4) is 0 Å². The van der Waals surface area contributed by atoms with Crippen molar-refractivity contribution >= 4 is 23.2 Å². The second kappa shape index (κ2) is 11.1. The third-order valence-corrected chi connectivity index (χ3v) is 5.14. The van der Waals surface area contributed by atoms with Crippen LogP contribution in [0, 0.1) is 0 Å². The maximum absolute atomic E-state index is 6.06. The molecule has 2 aromatic carbocycles. The van der Waals surface area contributed by atoms with E-state index in [1.807, 2.05) is 18.3 Å². The standard InChI is InChI=1S/C25H32ClN5/c1-18(2)29-23-11-7-19(8-12-23)15-21-17-28-25(27-13-14-31(3)4)30-24(21)16-20-5-9-22(26)10-6-20/h5-12,17-18,29H,13-16H2,1-4H3,(H,27,28,30). The molecule has 3 aromatic rings. The van der Waals surface area contributed by atoms with Gasteiger partial charge in [-0.1, -0.05) is 35.9 Å². The van der Waals surface area contributed by atoms with Gasteiger partial charge in [0.25, 0.3) is 0 Å². The predicted molar refractivity (Wildman–Crippen MR) is 131 cm³/mol. The van der Waals surface area contributed by atoms with E-state index in [1.54, 1.807) is 0 Å². The minimum atomic E-state index is 0.415. The molecule has 1 aromatic heterocycles. The average Bonchev–Trinajstić information content (AvgIpc) is 2.72. The Labute approximate surface area is 190 Å². The molecule has 0 saturated heterocycles. The zero-order valence-corrected chi connectivity index (χ0v) is 19.6. The van der Waals surface area contributed by atoms with Crippen LogP contribution in [0.15, 0.2) is 54.7 Å². The first kappa shape index (κ1) is 23.0. The lowest BCUT2D eigenvalue weighted by Crippen LogP contribution is -2.21. The van der Waals surface area contributed by atoms with E-state index in [9.17, 15) is 0 Å². The molecule has 0 spiro atoms. The summed E-state index contributed by atoms with van der Waals surface area (Å²) in [6.07, 6.45) is 3.49. The van der Waals surface area contributed by atoms with E-state index in [1.165, 1.54) is 11.1 Å². The number of hydrogen-bond acceptors (Lipinski definition) is 5. The van der Waals surface area contributed by atoms with Crippen LogP contribution >= 0.6 is 11.6 Å². The molecule has 0 atom stereocenters. The number of aromatic nitrogens is 2. The molecule has 0 unspecified atom stereocenters. The Morgan fingerprint density at radius 3 is 2.23 bits per heavy atom. The van der Waals surface area contributed by atoms with Gasteiger partial charge in [0.2, 0.25) is 5.95 Å². The van der Waals surface area contributed by atoms with Gasteiger partial charge in [0, 0.05) is 48.9 Å². The molecule has 0 aliphatic heterocycles. The number of rotatable bonds is 10. The van der Waals surface area contributed by atoms with Gasteiger partial charge in [0.05, 0.1) is 5.69 Å². The van der Waals surface area contributed by atoms with E-state index < -0.39 is 0 Å². The maximum atomic E-state index is 6.06. The third kappa shape index (κ3) is 7.53. The fraction of sp³-hybridized carbons (Fsp3) is 0.360. The highest BCUT2D eigenvalue weighted by atomic mass is 35.5. The summed E-state index contributed by atoms with van der Waals surface area (Å²) >= 11 is 6.06. The van der Waals surface area contributed by atoms with Crippen LogP contribution < -0.4 is 10.6 Å². The summed E-state index contributed by atoms with van der Waals surface area (Å²) in [5.74, 6) is 0.672. The van der Waals surface area contributed by atoms with E-state index in [2.05, 4.69) is 84.9 Å². The highest BCUT2D eigenvalue weighted by molar-refractivity contribution is 6.30. The SMILES string of the molecule is CC(C)Nc1ccc(Cc2cnc(NCCN(C)C)nc2Cc2ccc(Cl)cc2)cc1. The van der Waals surface area contributed by atoms with Crippen LogP contribution in [0.2, 0.25) is 5.02 Å². The molecule has 3 rings (SSSR count). The van der Waals surface area contributed by atoms with E-state index in [4.69, 9.17) is 16.6 Å². The Bertz CT molecular complexity index is 953. The quantitative estimate of drug-likeness (QED) is 0.461. The van der Waals surface area contributed by atoms with Gasteiger partial charge in [-0.05, 0) is 68.9 Å². The number of halogens is 1. The molecule has 2 N–H and O–H groups in total. The lowest BCUT2D eigenvalue weighted by Gasteiger charge is -2.14. The molecule has 0 aliphatic carbocycles. The summed E-state index contributed by atoms with van der Waals surface area (Å²) in [7, 11) is 4.11. The van der Waals surface area contributed by atoms with Crippen molar-refractivity contribution in [2.24, 2.45) is 0 Å². The van der Waals surface area contributed by atoms with Crippen molar-refractivity contribution in [1.82, 2.24) is 14.9 Å². The molecular formula is C25H32ClN5. The Kier molecular flexibility index (Phi) is 8.27. The number of likely N-dealkylation sites (N-methyl/N-ethyl adjacent to an activating group) is 1. The fourth-order valence-corrected chi connectivity index (χ4v) is 3.41. The van der Waals surface area contributed by atoms with Gasteiger partial charge in [0.1, 0.15) is 0 Å². The molecule has 0 saturated carbocycles. The summed E-state index contributed by atoms with van der Waals surface area (Å²) in [6.45, 7) is 6.01. The van der Waals surface area contributed by atoms with Crippen LogP contribution in [-0.2, 0) is 12.8 Å². The first-order chi connectivity index (χ1) is 14.9. The Morgan fingerprint density at radius 1 is 0.935 bits per heavy atom. The molecule has 0 aliphatic rings. The molecule has 0 amide bonds. The summed E-state index contributed by atoms with van der Waals surface area (Å²) in [5, 5.41) is 7.51. The van der Waals surface area contributed by atoms with Gasteiger partial charge >= 0.3 is 0 Å². The summed E-state index contributed by atoms with van der Waals surface area (Å²) in [4.78, 5) is 11.6. The zero-order valence-electron chi connectivity index (χ0n) is 18.8. The van der Waals surface area contributed by atoms with Crippen molar-refractivity contribution in [2.75, 3.05) is 37.8 Å². The first-order valence-electron chi connectivity index (χ1n) is 10.7. The Morgan fingerprint density at radius 2 is 1.58 bits per heavy atom. The largest absolute Gasteiger partial charge is 0.383 e. The fourth-order valence-electron chi connectivity index (χ4n) is 3.29. The second-order valence-electron chi connectivity index (χ2n) is 8.37. The molecule has 0 radical (unpaired) electrons. The van der Waals surface area contributed by atoms with Gasteiger partial charge in [-0.2, -0.15) is 0 Å². The minimum absolute atomic E-state index is 0.415. The number of anilines is 2. The van der Waals surface area contributed by atoms with Gasteiger partial charge < -0.3 is 15.5 Å². The first-order valence-corrected chi connectivity index (χ1v) is 11.1. The number of nitrogens with one attached hydrogen (secondary N) is 2. The second-order valence-corrected chi connectivity index (χ2v) is 8.81. The lowest BCUT2D eigenvalue weighted by atomic mass is 10.0. The van der Waals surface area contributed by atoms with Crippen LogP contribution in [0.25, 0.3) is 0 Å². The maximum Gasteiger partial charge on any atom is 0.222 e. The Hall–Kier alpha value is -2.63. The summed E-state index contributed by atoms with van der Waals surface area (Å²) in [6, 6.07) is 17.0. The highest BCUT2D eigenvalue weighted by Gasteiger charge is 2.10. The zero-order chi connectivity index (χ0) is 22.2. The van der Waals surface area contributed by atoms with Crippen LogP contribution in [0.3, 0.4) is 0 Å². The van der Waals surface area contributed by atoms with Crippen LogP contribution in [-0.4, -0.2) is 48.1 Å². The molecule has 6 heteroatoms. The minimum Gasteiger partial charge on any atom is -0.383 e. The molecule has 31 heavy (non-hydrogen) atoms. The van der Waals surface area contributed by atoms with Crippen LogP contribution in [0.4, 0.5) is 11.6 Å². The topological polar surface area (TPSA) is 53.1 Å². The summed E-state index contributed by atoms with van der Waals surface area (Å²) < 4.78 is 0. The van der Waals surface area contributed by atoms with Crippen LogP contribution in [0.5, 0.6) is 0 Å². The highest BCUT2D eigenvalue weighted by Crippen LogP contribution is 2.20. The molecule has 164 valence electrons. The normalized spacial score (nSPS) is 11.2. The monoisotopic (exact) mass is 437 g/mol. The van der Waals surface area contributed by atoms with Crippen molar-refractivity contribution in [2.45, 2.75) is 32.7 Å². The molecule has 5 nitrogen and oxygen atoms in total. The van der Waals surface area contributed by atoms with Crippen molar-refractivity contribution < 1.29 is 0 Å². The van der Waals surface area contributed by atoms with E-state index >= 15 is 0 Å². The third-order valence-electron chi connectivity index (χ3n) is 4.89. The van der Waals surface area contributed by atoms with Crippen molar-refractivity contribution in [3.05, 3.63) is 82.1 Å². The van der Waals surface area contributed by atoms with E-state index in [0.717, 1.165) is 47.9 Å². The predicted octanol–water partition coefficient (Wildman–Crippen LogP) is 5.11.